The van der Waals surface area contributed by atoms with Crippen molar-refractivity contribution in [1.82, 2.24) is 20.3 Å². The van der Waals surface area contributed by atoms with Crippen molar-refractivity contribution < 1.29 is 0 Å². The number of anilines is 1. The molecule has 0 saturated carbocycles. The predicted molar refractivity (Wildman–Crippen MR) is 91.5 cm³/mol. The molecule has 0 unspecified atom stereocenters. The second-order valence-corrected chi connectivity index (χ2v) is 5.97. The van der Waals surface area contributed by atoms with Crippen LogP contribution in [0.5, 0.6) is 0 Å². The molecule has 2 aliphatic heterocycles. The van der Waals surface area contributed by atoms with Gasteiger partial charge in [-0.25, -0.2) is 9.97 Å². The average molecular weight is 307 g/mol. The molecule has 1 N–H and O–H groups in total. The van der Waals surface area contributed by atoms with E-state index in [2.05, 4.69) is 27.4 Å². The molecule has 2 aromatic rings. The Kier molecular flexibility index (Phi) is 4.03. The Bertz CT molecular complexity index is 711. The lowest BCUT2D eigenvalue weighted by Crippen LogP contribution is -2.29. The first-order valence-electron chi connectivity index (χ1n) is 8.34. The smallest absolute Gasteiger partial charge is 0.180 e. The van der Waals surface area contributed by atoms with Crippen LogP contribution in [-0.4, -0.2) is 41.1 Å². The fourth-order valence-corrected chi connectivity index (χ4v) is 3.23. The number of aromatic nitrogens is 3. The number of fused-ring (bicyclic) bond motifs is 1. The molecule has 2 aromatic heterocycles. The van der Waals surface area contributed by atoms with Crippen LogP contribution < -0.4 is 10.2 Å². The van der Waals surface area contributed by atoms with Crippen molar-refractivity contribution >= 4 is 5.82 Å². The molecule has 2 aliphatic rings. The number of hydrogen-bond donors (Lipinski definition) is 1. The summed E-state index contributed by atoms with van der Waals surface area (Å²) >= 11 is 0. The Labute approximate surface area is 136 Å². The summed E-state index contributed by atoms with van der Waals surface area (Å²) in [6.45, 7) is 3.93. The molecule has 0 aromatic carbocycles. The van der Waals surface area contributed by atoms with Gasteiger partial charge in [0.05, 0.1) is 5.69 Å². The molecule has 4 rings (SSSR count). The number of pyridine rings is 1. The molecule has 0 spiro atoms. The molecule has 23 heavy (non-hydrogen) atoms. The molecule has 5 nitrogen and oxygen atoms in total. The highest BCUT2D eigenvalue weighted by molar-refractivity contribution is 5.58. The number of nitrogens with one attached hydrogen (secondary N) is 1. The zero-order chi connectivity index (χ0) is 15.5. The molecule has 0 aliphatic carbocycles. The van der Waals surface area contributed by atoms with E-state index in [-0.39, 0.29) is 0 Å². The van der Waals surface area contributed by atoms with Gasteiger partial charge in [-0.15, -0.1) is 0 Å². The quantitative estimate of drug-likeness (QED) is 0.860. The van der Waals surface area contributed by atoms with E-state index < -0.39 is 0 Å². The monoisotopic (exact) mass is 307 g/mol. The second-order valence-electron chi connectivity index (χ2n) is 5.97. The lowest BCUT2D eigenvalue weighted by molar-refractivity contribution is 0.707. The minimum Gasteiger partial charge on any atom is -0.352 e. The van der Waals surface area contributed by atoms with Gasteiger partial charge in [-0.05, 0) is 31.5 Å². The van der Waals surface area contributed by atoms with Crippen molar-refractivity contribution in [2.75, 3.05) is 31.1 Å². The van der Waals surface area contributed by atoms with Crippen LogP contribution in [0, 0.1) is 0 Å². The first-order chi connectivity index (χ1) is 11.4. The standard InChI is InChI=1S/C18H21N5/c1-4-12-23(13-5-1)18-14-7-10-19-11-8-15(14)21-17(22-18)16-6-2-3-9-20-16/h1-4,6,9,19H,5,7-8,10-13H2. The highest BCUT2D eigenvalue weighted by Crippen LogP contribution is 2.27. The van der Waals surface area contributed by atoms with Gasteiger partial charge in [0.25, 0.3) is 0 Å². The van der Waals surface area contributed by atoms with Crippen molar-refractivity contribution in [1.29, 1.82) is 0 Å². The van der Waals surface area contributed by atoms with Gasteiger partial charge in [0.15, 0.2) is 5.82 Å². The van der Waals surface area contributed by atoms with Crippen molar-refractivity contribution in [3.05, 3.63) is 47.8 Å². The highest BCUT2D eigenvalue weighted by Gasteiger charge is 2.21. The average Bonchev–Trinajstić information content (AvgIpc) is 2.88. The molecule has 0 bridgehead atoms. The Balaban J connectivity index is 1.83. The van der Waals surface area contributed by atoms with E-state index in [1.54, 1.807) is 6.20 Å². The van der Waals surface area contributed by atoms with E-state index in [0.717, 1.165) is 62.8 Å². The van der Waals surface area contributed by atoms with Gasteiger partial charge in [-0.2, -0.15) is 0 Å². The van der Waals surface area contributed by atoms with Crippen LogP contribution in [0.1, 0.15) is 17.7 Å². The fourth-order valence-electron chi connectivity index (χ4n) is 3.23. The molecule has 4 heterocycles. The minimum absolute atomic E-state index is 0.746. The summed E-state index contributed by atoms with van der Waals surface area (Å²) in [6, 6.07) is 5.89. The van der Waals surface area contributed by atoms with Gasteiger partial charge in [0, 0.05) is 37.8 Å². The topological polar surface area (TPSA) is 53.9 Å². The third-order valence-corrected chi connectivity index (χ3v) is 4.41. The van der Waals surface area contributed by atoms with Crippen LogP contribution in [0.25, 0.3) is 11.5 Å². The molecular formula is C18H21N5. The fraction of sp³-hybridized carbons (Fsp3) is 0.389. The van der Waals surface area contributed by atoms with Crippen molar-refractivity contribution in [2.45, 2.75) is 19.3 Å². The SMILES string of the molecule is C1=CCN(c2nc(-c3ccccn3)nc3c2CCNCC3)CC1. The van der Waals surface area contributed by atoms with Gasteiger partial charge in [-0.3, -0.25) is 4.98 Å². The second kappa shape index (κ2) is 6.46. The van der Waals surface area contributed by atoms with Crippen LogP contribution in [0.4, 0.5) is 5.82 Å². The van der Waals surface area contributed by atoms with E-state index >= 15 is 0 Å². The van der Waals surface area contributed by atoms with Gasteiger partial charge in [-0.1, -0.05) is 18.2 Å². The molecule has 0 fully saturated rings. The Morgan fingerprint density at radius 1 is 1.04 bits per heavy atom. The lowest BCUT2D eigenvalue weighted by atomic mass is 10.1. The minimum atomic E-state index is 0.746. The molecule has 0 saturated heterocycles. The molecule has 5 heteroatoms. The van der Waals surface area contributed by atoms with E-state index in [0.29, 0.717) is 0 Å². The molecule has 0 atom stereocenters. The first kappa shape index (κ1) is 14.3. The Hall–Kier alpha value is -2.27. The molecule has 0 radical (unpaired) electrons. The van der Waals surface area contributed by atoms with Crippen molar-refractivity contribution in [3.8, 4) is 11.5 Å². The maximum absolute atomic E-state index is 4.91. The van der Waals surface area contributed by atoms with Crippen molar-refractivity contribution in [2.24, 2.45) is 0 Å². The van der Waals surface area contributed by atoms with Crippen LogP contribution in [0.3, 0.4) is 0 Å². The van der Waals surface area contributed by atoms with E-state index in [1.165, 1.54) is 11.3 Å². The van der Waals surface area contributed by atoms with E-state index in [1.807, 2.05) is 18.2 Å². The summed E-state index contributed by atoms with van der Waals surface area (Å²) in [6.07, 6.45) is 9.30. The van der Waals surface area contributed by atoms with Crippen LogP contribution in [0.15, 0.2) is 36.5 Å². The normalized spacial score (nSPS) is 17.7. The van der Waals surface area contributed by atoms with Gasteiger partial charge >= 0.3 is 0 Å². The summed E-state index contributed by atoms with van der Waals surface area (Å²) in [5, 5.41) is 3.47. The number of hydrogen-bond acceptors (Lipinski definition) is 5. The molecule has 118 valence electrons. The molecular weight excluding hydrogens is 286 g/mol. The van der Waals surface area contributed by atoms with Crippen LogP contribution in [-0.2, 0) is 12.8 Å². The maximum Gasteiger partial charge on any atom is 0.180 e. The Morgan fingerprint density at radius 2 is 2.00 bits per heavy atom. The summed E-state index contributed by atoms with van der Waals surface area (Å²) < 4.78 is 0. The lowest BCUT2D eigenvalue weighted by Gasteiger charge is -2.27. The van der Waals surface area contributed by atoms with Crippen LogP contribution >= 0.6 is 0 Å². The van der Waals surface area contributed by atoms with E-state index in [9.17, 15) is 0 Å². The Morgan fingerprint density at radius 3 is 2.83 bits per heavy atom. The first-order valence-corrected chi connectivity index (χ1v) is 8.34. The summed E-state index contributed by atoms with van der Waals surface area (Å²) in [5.74, 6) is 1.85. The summed E-state index contributed by atoms with van der Waals surface area (Å²) in [4.78, 5) is 16.6. The summed E-state index contributed by atoms with van der Waals surface area (Å²) in [7, 11) is 0. The predicted octanol–water partition coefficient (Wildman–Crippen LogP) is 1.99. The third-order valence-electron chi connectivity index (χ3n) is 4.41. The highest BCUT2D eigenvalue weighted by atomic mass is 15.2. The summed E-state index contributed by atoms with van der Waals surface area (Å²) in [5.41, 5.74) is 3.33. The van der Waals surface area contributed by atoms with Gasteiger partial charge in [0.1, 0.15) is 11.5 Å². The maximum atomic E-state index is 4.91. The van der Waals surface area contributed by atoms with E-state index in [4.69, 9.17) is 9.97 Å². The zero-order valence-electron chi connectivity index (χ0n) is 13.2. The van der Waals surface area contributed by atoms with Gasteiger partial charge < -0.3 is 10.2 Å². The third kappa shape index (κ3) is 2.97. The number of nitrogens with zero attached hydrogens (tertiary/aromatic N) is 4. The zero-order valence-corrected chi connectivity index (χ0v) is 13.2. The molecule has 0 amide bonds. The van der Waals surface area contributed by atoms with Crippen LogP contribution in [0.2, 0.25) is 0 Å². The van der Waals surface area contributed by atoms with Gasteiger partial charge in [0.2, 0.25) is 0 Å². The number of rotatable bonds is 2. The van der Waals surface area contributed by atoms with Crippen molar-refractivity contribution in [3.63, 3.8) is 0 Å². The largest absolute Gasteiger partial charge is 0.352 e.